The Kier molecular flexibility index (Phi) is 5.34. The predicted molar refractivity (Wildman–Crippen MR) is 117 cm³/mol. The van der Waals surface area contributed by atoms with Crippen LogP contribution in [0, 0.1) is 5.92 Å². The van der Waals surface area contributed by atoms with Crippen LogP contribution in [0.3, 0.4) is 0 Å². The molecule has 0 aliphatic heterocycles. The average Bonchev–Trinajstić information content (AvgIpc) is 3.13. The van der Waals surface area contributed by atoms with Gasteiger partial charge in [0, 0.05) is 17.5 Å². The van der Waals surface area contributed by atoms with Crippen molar-refractivity contribution < 1.29 is 9.59 Å². The standard InChI is InChI=1S/C25H26N2O2/c1-16(2)15-22(28)27-24(19-7-4-3-5-8-19)25(29)26-21-14-13-18-12-11-17-9-6-10-20(21)23(17)18/h3-10,13-14,16,24H,11-12,15H2,1-2H3,(H,26,29)(H,27,28). The fourth-order valence-corrected chi connectivity index (χ4v) is 4.10. The summed E-state index contributed by atoms with van der Waals surface area (Å²) in [5, 5.41) is 8.30. The van der Waals surface area contributed by atoms with Crippen molar-refractivity contribution in [1.82, 2.24) is 5.32 Å². The van der Waals surface area contributed by atoms with Crippen LogP contribution in [-0.2, 0) is 22.4 Å². The largest absolute Gasteiger partial charge is 0.341 e. The molecule has 4 nitrogen and oxygen atoms in total. The average molecular weight is 386 g/mol. The van der Waals surface area contributed by atoms with Gasteiger partial charge >= 0.3 is 0 Å². The molecule has 0 bridgehead atoms. The summed E-state index contributed by atoms with van der Waals surface area (Å²) < 4.78 is 0. The van der Waals surface area contributed by atoms with Crippen molar-refractivity contribution in [2.45, 2.75) is 39.2 Å². The van der Waals surface area contributed by atoms with Crippen LogP contribution in [0.5, 0.6) is 0 Å². The maximum absolute atomic E-state index is 13.2. The van der Waals surface area contributed by atoms with Gasteiger partial charge in [-0.05, 0) is 46.9 Å². The SMILES string of the molecule is CC(C)CC(=O)NC(C(=O)Nc1ccc2c3c(cccc13)CC2)c1ccccc1. The highest BCUT2D eigenvalue weighted by molar-refractivity contribution is 6.07. The number of amides is 2. The Hall–Kier alpha value is -3.14. The maximum atomic E-state index is 13.2. The molecular weight excluding hydrogens is 360 g/mol. The first-order chi connectivity index (χ1) is 14.0. The van der Waals surface area contributed by atoms with Crippen LogP contribution in [0.2, 0.25) is 0 Å². The van der Waals surface area contributed by atoms with Crippen LogP contribution in [0.15, 0.2) is 60.7 Å². The van der Waals surface area contributed by atoms with Crippen molar-refractivity contribution in [3.63, 3.8) is 0 Å². The fourth-order valence-electron chi connectivity index (χ4n) is 4.10. The minimum atomic E-state index is -0.731. The Labute approximate surface area is 171 Å². The number of rotatable bonds is 6. The summed E-state index contributed by atoms with van der Waals surface area (Å²) in [5.74, 6) is -0.123. The molecule has 4 heteroatoms. The molecular formula is C25H26N2O2. The van der Waals surface area contributed by atoms with Crippen LogP contribution in [-0.4, -0.2) is 11.8 Å². The highest BCUT2D eigenvalue weighted by Crippen LogP contribution is 2.35. The van der Waals surface area contributed by atoms with E-state index < -0.39 is 6.04 Å². The summed E-state index contributed by atoms with van der Waals surface area (Å²) in [6, 6.07) is 19.0. The molecule has 1 aliphatic rings. The Balaban J connectivity index is 1.64. The first kappa shape index (κ1) is 19.2. The monoisotopic (exact) mass is 386 g/mol. The van der Waals surface area contributed by atoms with Crippen LogP contribution in [0.25, 0.3) is 10.8 Å². The summed E-state index contributed by atoms with van der Waals surface area (Å²) in [7, 11) is 0. The second-order valence-corrected chi connectivity index (χ2v) is 8.11. The zero-order valence-electron chi connectivity index (χ0n) is 16.9. The van der Waals surface area contributed by atoms with Gasteiger partial charge in [-0.15, -0.1) is 0 Å². The van der Waals surface area contributed by atoms with E-state index in [2.05, 4.69) is 28.8 Å². The molecule has 2 N–H and O–H groups in total. The highest BCUT2D eigenvalue weighted by atomic mass is 16.2. The Bertz CT molecular complexity index is 1050. The molecule has 4 rings (SSSR count). The van der Waals surface area contributed by atoms with Crippen LogP contribution in [0.1, 0.15) is 43.0 Å². The van der Waals surface area contributed by atoms with Gasteiger partial charge in [-0.2, -0.15) is 0 Å². The van der Waals surface area contributed by atoms with Crippen molar-refractivity contribution in [2.24, 2.45) is 5.92 Å². The van der Waals surface area contributed by atoms with E-state index in [0.717, 1.165) is 29.5 Å². The Morgan fingerprint density at radius 3 is 2.34 bits per heavy atom. The number of anilines is 1. The predicted octanol–water partition coefficient (Wildman–Crippen LogP) is 4.78. The molecule has 1 aliphatic carbocycles. The van der Waals surface area contributed by atoms with Gasteiger partial charge in [0.25, 0.3) is 5.91 Å². The molecule has 0 spiro atoms. The molecule has 0 saturated heterocycles. The van der Waals surface area contributed by atoms with E-state index >= 15 is 0 Å². The van der Waals surface area contributed by atoms with Crippen molar-refractivity contribution in [3.8, 4) is 0 Å². The lowest BCUT2D eigenvalue weighted by Crippen LogP contribution is -2.37. The van der Waals surface area contributed by atoms with Gasteiger partial charge in [-0.1, -0.05) is 68.4 Å². The molecule has 0 fully saturated rings. The van der Waals surface area contributed by atoms with Gasteiger partial charge in [-0.3, -0.25) is 9.59 Å². The van der Waals surface area contributed by atoms with E-state index in [-0.39, 0.29) is 17.7 Å². The molecule has 29 heavy (non-hydrogen) atoms. The van der Waals surface area contributed by atoms with Gasteiger partial charge in [0.15, 0.2) is 0 Å². The van der Waals surface area contributed by atoms with Gasteiger partial charge < -0.3 is 10.6 Å². The smallest absolute Gasteiger partial charge is 0.251 e. The molecule has 0 radical (unpaired) electrons. The molecule has 0 heterocycles. The molecule has 0 aromatic heterocycles. The minimum absolute atomic E-state index is 0.121. The zero-order valence-corrected chi connectivity index (χ0v) is 16.9. The second-order valence-electron chi connectivity index (χ2n) is 8.11. The van der Waals surface area contributed by atoms with Gasteiger partial charge in [0.05, 0.1) is 0 Å². The third-order valence-corrected chi connectivity index (χ3v) is 5.43. The van der Waals surface area contributed by atoms with E-state index in [9.17, 15) is 9.59 Å². The van der Waals surface area contributed by atoms with E-state index in [1.54, 1.807) is 0 Å². The third kappa shape index (κ3) is 4.02. The third-order valence-electron chi connectivity index (χ3n) is 5.43. The molecule has 2 amide bonds. The lowest BCUT2D eigenvalue weighted by atomic mass is 10.0. The molecule has 3 aromatic carbocycles. The second kappa shape index (κ2) is 8.08. The number of carbonyl (C=O) groups excluding carboxylic acids is 2. The number of carbonyl (C=O) groups is 2. The quantitative estimate of drug-likeness (QED) is 0.640. The fraction of sp³-hybridized carbons (Fsp3) is 0.280. The summed E-state index contributed by atoms with van der Waals surface area (Å²) in [6.07, 6.45) is 2.47. The molecule has 148 valence electrons. The number of hydrogen-bond donors (Lipinski definition) is 2. The number of aryl methyl sites for hydroxylation is 2. The summed E-state index contributed by atoms with van der Waals surface area (Å²) in [5.41, 5.74) is 4.22. The topological polar surface area (TPSA) is 58.2 Å². The first-order valence-electron chi connectivity index (χ1n) is 10.2. The first-order valence-corrected chi connectivity index (χ1v) is 10.2. The van der Waals surface area contributed by atoms with Crippen LogP contribution < -0.4 is 10.6 Å². The van der Waals surface area contributed by atoms with Crippen molar-refractivity contribution in [3.05, 3.63) is 77.4 Å². The lowest BCUT2D eigenvalue weighted by Gasteiger charge is -2.20. The summed E-state index contributed by atoms with van der Waals surface area (Å²) in [4.78, 5) is 25.7. The van der Waals surface area contributed by atoms with Crippen molar-refractivity contribution in [1.29, 1.82) is 0 Å². The Morgan fingerprint density at radius 1 is 0.897 bits per heavy atom. The maximum Gasteiger partial charge on any atom is 0.251 e. The minimum Gasteiger partial charge on any atom is -0.341 e. The van der Waals surface area contributed by atoms with Gasteiger partial charge in [-0.25, -0.2) is 0 Å². The zero-order chi connectivity index (χ0) is 20.4. The van der Waals surface area contributed by atoms with Crippen molar-refractivity contribution >= 4 is 28.3 Å². The Morgan fingerprint density at radius 2 is 1.62 bits per heavy atom. The summed E-state index contributed by atoms with van der Waals surface area (Å²) in [6.45, 7) is 3.98. The highest BCUT2D eigenvalue weighted by Gasteiger charge is 2.24. The van der Waals surface area contributed by atoms with Crippen LogP contribution in [0.4, 0.5) is 5.69 Å². The molecule has 1 unspecified atom stereocenters. The van der Waals surface area contributed by atoms with E-state index in [4.69, 9.17) is 0 Å². The summed E-state index contributed by atoms with van der Waals surface area (Å²) >= 11 is 0. The van der Waals surface area contributed by atoms with E-state index in [1.807, 2.05) is 56.3 Å². The molecule has 3 aromatic rings. The molecule has 1 atom stereocenters. The normalized spacial score (nSPS) is 13.5. The molecule has 0 saturated carbocycles. The number of hydrogen-bond acceptors (Lipinski definition) is 2. The van der Waals surface area contributed by atoms with E-state index in [1.165, 1.54) is 16.5 Å². The van der Waals surface area contributed by atoms with E-state index in [0.29, 0.717) is 6.42 Å². The lowest BCUT2D eigenvalue weighted by molar-refractivity contribution is -0.127. The van der Waals surface area contributed by atoms with Crippen LogP contribution >= 0.6 is 0 Å². The number of nitrogens with one attached hydrogen (secondary N) is 2. The number of benzene rings is 3. The van der Waals surface area contributed by atoms with Gasteiger partial charge in [0.2, 0.25) is 5.91 Å². The van der Waals surface area contributed by atoms with Gasteiger partial charge in [0.1, 0.15) is 6.04 Å². The van der Waals surface area contributed by atoms with Crippen molar-refractivity contribution in [2.75, 3.05) is 5.32 Å².